The molecule has 2 saturated heterocycles. The number of alkyl halides is 3. The second kappa shape index (κ2) is 9.54. The van der Waals surface area contributed by atoms with Crippen molar-refractivity contribution < 1.29 is 27.5 Å². The normalized spacial score (nSPS) is 23.5. The van der Waals surface area contributed by atoms with Crippen molar-refractivity contribution in [3.05, 3.63) is 53.7 Å². The molecule has 0 radical (unpaired) electrons. The third-order valence-corrected chi connectivity index (χ3v) is 7.36. The number of hydrogen-bond acceptors (Lipinski definition) is 5. The Morgan fingerprint density at radius 1 is 0.946 bits per heavy atom. The topological polar surface area (TPSA) is 83.6 Å². The number of para-hydroxylation sites is 1. The molecule has 1 aromatic heterocycles. The van der Waals surface area contributed by atoms with Crippen molar-refractivity contribution in [2.45, 2.75) is 88.3 Å². The lowest BCUT2D eigenvalue weighted by Gasteiger charge is -2.41. The highest BCUT2D eigenvalue weighted by Gasteiger charge is 2.44. The highest BCUT2D eigenvalue weighted by atomic mass is 19.4. The second-order valence-corrected chi connectivity index (χ2v) is 10.7. The summed E-state index contributed by atoms with van der Waals surface area (Å²) in [5.41, 5.74) is -1.86. The summed E-state index contributed by atoms with van der Waals surface area (Å²) < 4.78 is 45.7. The third-order valence-electron chi connectivity index (χ3n) is 7.36. The van der Waals surface area contributed by atoms with Gasteiger partial charge >= 0.3 is 6.18 Å². The van der Waals surface area contributed by atoms with Crippen LogP contribution in [-0.2, 0) is 11.0 Å². The monoisotopic (exact) mass is 516 g/mol. The zero-order chi connectivity index (χ0) is 26.4. The van der Waals surface area contributed by atoms with E-state index in [2.05, 4.69) is 20.5 Å². The van der Waals surface area contributed by atoms with E-state index in [4.69, 9.17) is 4.74 Å². The zero-order valence-corrected chi connectivity index (χ0v) is 20.8. The van der Waals surface area contributed by atoms with Crippen molar-refractivity contribution >= 4 is 17.6 Å². The van der Waals surface area contributed by atoms with Crippen molar-refractivity contribution in [2.75, 3.05) is 4.90 Å². The van der Waals surface area contributed by atoms with E-state index in [1.165, 1.54) is 32.0 Å². The number of halogens is 3. The van der Waals surface area contributed by atoms with Crippen molar-refractivity contribution in [3.63, 3.8) is 0 Å². The minimum atomic E-state index is -4.58. The average Bonchev–Trinajstić information content (AvgIpc) is 3.61. The van der Waals surface area contributed by atoms with Crippen molar-refractivity contribution in [1.82, 2.24) is 15.6 Å². The fourth-order valence-corrected chi connectivity index (χ4v) is 5.31. The predicted octanol–water partition coefficient (Wildman–Crippen LogP) is 4.47. The van der Waals surface area contributed by atoms with Crippen LogP contribution in [0.4, 0.5) is 19.0 Å². The lowest BCUT2D eigenvalue weighted by Crippen LogP contribution is -2.55. The number of amides is 2. The quantitative estimate of drug-likeness (QED) is 0.568. The first-order valence-electron chi connectivity index (χ1n) is 12.7. The summed E-state index contributed by atoms with van der Waals surface area (Å²) in [7, 11) is 0. The maximum atomic E-state index is 13.4. The van der Waals surface area contributed by atoms with Crippen LogP contribution in [0.1, 0.15) is 68.3 Å². The van der Waals surface area contributed by atoms with Gasteiger partial charge in [0.15, 0.2) is 5.60 Å². The number of pyridine rings is 1. The number of hydrogen-bond donors (Lipinski definition) is 2. The van der Waals surface area contributed by atoms with Gasteiger partial charge in [-0.05, 0) is 76.6 Å². The predicted molar refractivity (Wildman–Crippen MR) is 131 cm³/mol. The van der Waals surface area contributed by atoms with Crippen molar-refractivity contribution in [3.8, 4) is 5.75 Å². The summed E-state index contributed by atoms with van der Waals surface area (Å²) in [6, 6.07) is 9.10. The van der Waals surface area contributed by atoms with Gasteiger partial charge in [-0.15, -0.1) is 0 Å². The van der Waals surface area contributed by atoms with E-state index in [0.29, 0.717) is 18.4 Å². The summed E-state index contributed by atoms with van der Waals surface area (Å²) in [4.78, 5) is 32.2. The molecule has 3 fully saturated rings. The Morgan fingerprint density at radius 2 is 1.62 bits per heavy atom. The van der Waals surface area contributed by atoms with Crippen LogP contribution in [0.15, 0.2) is 42.6 Å². The molecule has 2 atom stereocenters. The van der Waals surface area contributed by atoms with Gasteiger partial charge < -0.3 is 20.3 Å². The van der Waals surface area contributed by atoms with Crippen LogP contribution in [0.3, 0.4) is 0 Å². The molecule has 2 N–H and O–H groups in total. The number of rotatable bonds is 7. The molecule has 2 amide bonds. The molecule has 5 rings (SSSR count). The SMILES string of the molecule is CC(C)(Oc1ccccc1C(F)(F)F)C(=O)NC1CC2CCC(C1)N2c1ccc(C(=O)NC2CC2)cn1. The van der Waals surface area contributed by atoms with Crippen LogP contribution < -0.4 is 20.3 Å². The van der Waals surface area contributed by atoms with E-state index in [1.807, 2.05) is 6.07 Å². The Labute approximate surface area is 213 Å². The standard InChI is InChI=1S/C27H31F3N4O3/c1-26(2,37-22-6-4-3-5-21(22)27(28,29)30)25(36)33-18-13-19-10-11-20(14-18)34(19)23-12-7-16(15-31-23)24(35)32-17-8-9-17/h3-7,12,15,17-20H,8-11,13-14H2,1-2H3,(H,32,35)(H,33,36). The van der Waals surface area contributed by atoms with E-state index in [0.717, 1.165) is 37.6 Å². The highest BCUT2D eigenvalue weighted by molar-refractivity contribution is 5.94. The van der Waals surface area contributed by atoms with Gasteiger partial charge in [0.2, 0.25) is 0 Å². The average molecular weight is 517 g/mol. The number of benzene rings is 1. The zero-order valence-electron chi connectivity index (χ0n) is 20.8. The van der Waals surface area contributed by atoms with Crippen LogP contribution in [0.5, 0.6) is 5.75 Å². The molecule has 10 heteroatoms. The number of anilines is 1. The molecule has 2 unspecified atom stereocenters. The Morgan fingerprint density at radius 3 is 2.22 bits per heavy atom. The van der Waals surface area contributed by atoms with Crippen LogP contribution >= 0.6 is 0 Å². The van der Waals surface area contributed by atoms with Gasteiger partial charge in [0.1, 0.15) is 11.6 Å². The summed E-state index contributed by atoms with van der Waals surface area (Å²) in [6.07, 6.45) is 2.39. The van der Waals surface area contributed by atoms with Crippen LogP contribution in [-0.4, -0.2) is 46.6 Å². The first-order chi connectivity index (χ1) is 17.5. The molecule has 0 spiro atoms. The molecular weight excluding hydrogens is 485 g/mol. The van der Waals surface area contributed by atoms with E-state index in [1.54, 1.807) is 12.3 Å². The Bertz CT molecular complexity index is 1150. The summed E-state index contributed by atoms with van der Waals surface area (Å²) in [5, 5.41) is 5.98. The molecule has 198 valence electrons. The molecular formula is C27H31F3N4O3. The molecule has 2 aliphatic heterocycles. The second-order valence-electron chi connectivity index (χ2n) is 10.7. The van der Waals surface area contributed by atoms with Gasteiger partial charge in [-0.3, -0.25) is 9.59 Å². The minimum Gasteiger partial charge on any atom is -0.477 e. The summed E-state index contributed by atoms with van der Waals surface area (Å²) in [5.74, 6) is -0.113. The molecule has 37 heavy (non-hydrogen) atoms. The number of carbonyl (C=O) groups excluding carboxylic acids is 2. The number of ether oxygens (including phenoxy) is 1. The molecule has 1 aliphatic carbocycles. The Hall–Kier alpha value is -3.30. The maximum Gasteiger partial charge on any atom is 0.419 e. The highest BCUT2D eigenvalue weighted by Crippen LogP contribution is 2.40. The van der Waals surface area contributed by atoms with E-state index in [9.17, 15) is 22.8 Å². The van der Waals surface area contributed by atoms with Crippen LogP contribution in [0.25, 0.3) is 0 Å². The molecule has 3 aliphatic rings. The summed E-state index contributed by atoms with van der Waals surface area (Å²) >= 11 is 0. The number of nitrogens with one attached hydrogen (secondary N) is 2. The molecule has 7 nitrogen and oxygen atoms in total. The lowest BCUT2D eigenvalue weighted by atomic mass is 9.96. The summed E-state index contributed by atoms with van der Waals surface area (Å²) in [6.45, 7) is 2.95. The Balaban J connectivity index is 1.21. The lowest BCUT2D eigenvalue weighted by molar-refractivity contribution is -0.143. The first-order valence-corrected chi connectivity index (χ1v) is 12.7. The first kappa shape index (κ1) is 25.4. The van der Waals surface area contributed by atoms with Crippen LogP contribution in [0.2, 0.25) is 0 Å². The molecule has 3 heterocycles. The fourth-order valence-electron chi connectivity index (χ4n) is 5.31. The van der Waals surface area contributed by atoms with Gasteiger partial charge in [-0.1, -0.05) is 12.1 Å². The number of carbonyl (C=O) groups is 2. The smallest absolute Gasteiger partial charge is 0.419 e. The fraction of sp³-hybridized carbons (Fsp3) is 0.519. The van der Waals surface area contributed by atoms with E-state index in [-0.39, 0.29) is 35.8 Å². The largest absolute Gasteiger partial charge is 0.477 e. The Kier molecular flexibility index (Phi) is 6.53. The molecule has 2 bridgehead atoms. The molecule has 2 aromatic rings. The number of piperidine rings is 1. The number of aromatic nitrogens is 1. The van der Waals surface area contributed by atoms with E-state index >= 15 is 0 Å². The number of fused-ring (bicyclic) bond motifs is 2. The number of nitrogens with zero attached hydrogens (tertiary/aromatic N) is 2. The molecule has 1 aromatic carbocycles. The maximum absolute atomic E-state index is 13.4. The van der Waals surface area contributed by atoms with Crippen LogP contribution in [0, 0.1) is 0 Å². The van der Waals surface area contributed by atoms with Crippen molar-refractivity contribution in [1.29, 1.82) is 0 Å². The van der Waals surface area contributed by atoms with Gasteiger partial charge in [0.25, 0.3) is 11.8 Å². The minimum absolute atomic E-state index is 0.103. The molecule has 1 saturated carbocycles. The van der Waals surface area contributed by atoms with Gasteiger partial charge in [-0.2, -0.15) is 13.2 Å². The third kappa shape index (κ3) is 5.52. The van der Waals surface area contributed by atoms with E-state index < -0.39 is 23.2 Å². The van der Waals surface area contributed by atoms with Gasteiger partial charge in [-0.25, -0.2) is 4.98 Å². The van der Waals surface area contributed by atoms with Crippen molar-refractivity contribution in [2.24, 2.45) is 0 Å². The van der Waals surface area contributed by atoms with Gasteiger partial charge in [0.05, 0.1) is 11.1 Å². The van der Waals surface area contributed by atoms with Gasteiger partial charge in [0, 0.05) is 30.4 Å².